The summed E-state index contributed by atoms with van der Waals surface area (Å²) >= 11 is 0. The molecule has 112 valence electrons. The second kappa shape index (κ2) is 5.85. The highest BCUT2D eigenvalue weighted by atomic mass is 16.1. The van der Waals surface area contributed by atoms with Crippen molar-refractivity contribution >= 4 is 0 Å². The van der Waals surface area contributed by atoms with Gasteiger partial charge in [0.15, 0.2) is 0 Å². The van der Waals surface area contributed by atoms with Crippen LogP contribution >= 0.6 is 0 Å². The fourth-order valence-corrected chi connectivity index (χ4v) is 3.23. The number of fused-ring (bicyclic) bond motifs is 1. The maximum Gasteiger partial charge on any atom is 0.251 e. The van der Waals surface area contributed by atoms with Crippen molar-refractivity contribution in [1.82, 2.24) is 19.7 Å². The fourth-order valence-electron chi connectivity index (χ4n) is 3.23. The first kappa shape index (κ1) is 14.1. The van der Waals surface area contributed by atoms with Gasteiger partial charge in [-0.2, -0.15) is 5.10 Å². The van der Waals surface area contributed by atoms with E-state index in [2.05, 4.69) is 17.3 Å². The van der Waals surface area contributed by atoms with Crippen molar-refractivity contribution in [3.63, 3.8) is 0 Å². The Hall–Kier alpha value is -1.88. The number of nitrogens with one attached hydrogen (secondary N) is 1. The van der Waals surface area contributed by atoms with E-state index in [9.17, 15) is 4.79 Å². The van der Waals surface area contributed by atoms with Gasteiger partial charge in [0.05, 0.1) is 12.7 Å². The van der Waals surface area contributed by atoms with Gasteiger partial charge in [-0.15, -0.1) is 0 Å². The van der Waals surface area contributed by atoms with Crippen LogP contribution in [0.2, 0.25) is 0 Å². The third-order valence-electron chi connectivity index (χ3n) is 4.16. The fraction of sp³-hybridized carbons (Fsp3) is 0.500. The molecule has 0 aromatic carbocycles. The van der Waals surface area contributed by atoms with Gasteiger partial charge in [-0.05, 0) is 31.4 Å². The number of hydrogen-bond acceptors (Lipinski definition) is 3. The van der Waals surface area contributed by atoms with Gasteiger partial charge in [-0.1, -0.05) is 13.0 Å². The zero-order valence-corrected chi connectivity index (χ0v) is 12.7. The van der Waals surface area contributed by atoms with Crippen LogP contribution in [0.5, 0.6) is 0 Å². The SMILES string of the molecule is CCNC1CCCc2c1ccc(=O)n2Cc1cnn(C)c1. The van der Waals surface area contributed by atoms with Gasteiger partial charge in [0.2, 0.25) is 0 Å². The highest BCUT2D eigenvalue weighted by molar-refractivity contribution is 5.28. The van der Waals surface area contributed by atoms with Crippen molar-refractivity contribution in [2.75, 3.05) is 6.54 Å². The lowest BCUT2D eigenvalue weighted by molar-refractivity contribution is 0.453. The molecule has 2 aromatic rings. The van der Waals surface area contributed by atoms with Crippen LogP contribution in [0, 0.1) is 0 Å². The molecule has 0 amide bonds. The predicted molar refractivity (Wildman–Crippen MR) is 82.4 cm³/mol. The normalized spacial score (nSPS) is 17.7. The molecule has 0 spiro atoms. The highest BCUT2D eigenvalue weighted by Crippen LogP contribution is 2.28. The summed E-state index contributed by atoms with van der Waals surface area (Å²) in [7, 11) is 1.90. The van der Waals surface area contributed by atoms with Crippen molar-refractivity contribution in [3.8, 4) is 0 Å². The Kier molecular flexibility index (Phi) is 3.92. The van der Waals surface area contributed by atoms with Gasteiger partial charge in [0.1, 0.15) is 0 Å². The summed E-state index contributed by atoms with van der Waals surface area (Å²) in [6.07, 6.45) is 7.05. The van der Waals surface area contributed by atoms with Crippen LogP contribution < -0.4 is 10.9 Å². The average molecular weight is 286 g/mol. The third-order valence-corrected chi connectivity index (χ3v) is 4.16. The molecule has 0 saturated carbocycles. The predicted octanol–water partition coefficient (Wildman–Crippen LogP) is 1.62. The smallest absolute Gasteiger partial charge is 0.251 e. The van der Waals surface area contributed by atoms with E-state index in [0.717, 1.165) is 31.4 Å². The number of aromatic nitrogens is 3. The molecule has 0 radical (unpaired) electrons. The number of hydrogen-bond donors (Lipinski definition) is 1. The van der Waals surface area contributed by atoms with E-state index in [1.165, 1.54) is 11.3 Å². The minimum absolute atomic E-state index is 0.0785. The summed E-state index contributed by atoms with van der Waals surface area (Å²) in [6.45, 7) is 3.68. The van der Waals surface area contributed by atoms with E-state index < -0.39 is 0 Å². The minimum Gasteiger partial charge on any atom is -0.310 e. The van der Waals surface area contributed by atoms with Crippen molar-refractivity contribution < 1.29 is 0 Å². The number of nitrogens with zero attached hydrogens (tertiary/aromatic N) is 3. The van der Waals surface area contributed by atoms with Crippen molar-refractivity contribution in [1.29, 1.82) is 0 Å². The Morgan fingerprint density at radius 1 is 1.43 bits per heavy atom. The first-order valence-electron chi connectivity index (χ1n) is 7.62. The van der Waals surface area contributed by atoms with E-state index in [-0.39, 0.29) is 5.56 Å². The van der Waals surface area contributed by atoms with Crippen LogP contribution in [-0.2, 0) is 20.0 Å². The van der Waals surface area contributed by atoms with Crippen molar-refractivity contribution in [2.45, 2.75) is 38.8 Å². The Bertz CT molecular complexity index is 686. The summed E-state index contributed by atoms with van der Waals surface area (Å²) in [5.74, 6) is 0. The Labute approximate surface area is 124 Å². The van der Waals surface area contributed by atoms with Crippen LogP contribution in [0.4, 0.5) is 0 Å². The first-order chi connectivity index (χ1) is 10.2. The molecule has 1 aliphatic carbocycles. The molecule has 1 unspecified atom stereocenters. The van der Waals surface area contributed by atoms with E-state index in [1.807, 2.05) is 30.1 Å². The van der Waals surface area contributed by atoms with Crippen LogP contribution in [0.15, 0.2) is 29.3 Å². The standard InChI is InChI=1S/C16H22N4O/c1-3-17-14-5-4-6-15-13(14)7-8-16(21)20(15)11-12-9-18-19(2)10-12/h7-10,14,17H,3-6,11H2,1-2H3. The van der Waals surface area contributed by atoms with E-state index >= 15 is 0 Å². The van der Waals surface area contributed by atoms with Crippen LogP contribution in [0.25, 0.3) is 0 Å². The Balaban J connectivity index is 2.00. The lowest BCUT2D eigenvalue weighted by Crippen LogP contribution is -2.31. The van der Waals surface area contributed by atoms with Crippen molar-refractivity contribution in [3.05, 3.63) is 51.7 Å². The van der Waals surface area contributed by atoms with Crippen LogP contribution in [0.1, 0.15) is 42.6 Å². The quantitative estimate of drug-likeness (QED) is 0.929. The molecule has 5 nitrogen and oxygen atoms in total. The summed E-state index contributed by atoms with van der Waals surface area (Å²) in [5, 5.41) is 7.71. The number of aryl methyl sites for hydroxylation is 1. The maximum atomic E-state index is 12.3. The van der Waals surface area contributed by atoms with Crippen LogP contribution in [0.3, 0.4) is 0 Å². The lowest BCUT2D eigenvalue weighted by Gasteiger charge is -2.28. The summed E-state index contributed by atoms with van der Waals surface area (Å²) in [6, 6.07) is 4.08. The monoisotopic (exact) mass is 286 g/mol. The molecule has 1 atom stereocenters. The second-order valence-electron chi connectivity index (χ2n) is 5.68. The molecule has 0 fully saturated rings. The maximum absolute atomic E-state index is 12.3. The van der Waals surface area contributed by atoms with Gasteiger partial charge >= 0.3 is 0 Å². The van der Waals surface area contributed by atoms with Crippen LogP contribution in [-0.4, -0.2) is 20.9 Å². The molecule has 2 heterocycles. The van der Waals surface area contributed by atoms with E-state index in [4.69, 9.17) is 0 Å². The van der Waals surface area contributed by atoms with Gasteiger partial charge in [-0.3, -0.25) is 9.48 Å². The largest absolute Gasteiger partial charge is 0.310 e. The van der Waals surface area contributed by atoms with Gasteiger partial charge in [0.25, 0.3) is 5.56 Å². The Morgan fingerprint density at radius 2 is 2.29 bits per heavy atom. The zero-order valence-electron chi connectivity index (χ0n) is 12.7. The third kappa shape index (κ3) is 2.78. The average Bonchev–Trinajstić information content (AvgIpc) is 2.88. The molecule has 1 aliphatic rings. The second-order valence-corrected chi connectivity index (χ2v) is 5.68. The molecule has 1 N–H and O–H groups in total. The lowest BCUT2D eigenvalue weighted by atomic mass is 9.90. The topological polar surface area (TPSA) is 51.9 Å². The van der Waals surface area contributed by atoms with Crippen molar-refractivity contribution in [2.24, 2.45) is 7.05 Å². The molecule has 2 aromatic heterocycles. The van der Waals surface area contributed by atoms with E-state index in [1.54, 1.807) is 10.7 Å². The number of pyridine rings is 1. The summed E-state index contributed by atoms with van der Waals surface area (Å²) in [4.78, 5) is 12.3. The Morgan fingerprint density at radius 3 is 3.00 bits per heavy atom. The highest BCUT2D eigenvalue weighted by Gasteiger charge is 2.22. The molecule has 5 heteroatoms. The van der Waals surface area contributed by atoms with Gasteiger partial charge < -0.3 is 9.88 Å². The molecular weight excluding hydrogens is 264 g/mol. The minimum atomic E-state index is 0.0785. The van der Waals surface area contributed by atoms with Gasteiger partial charge in [0, 0.05) is 36.6 Å². The summed E-state index contributed by atoms with van der Waals surface area (Å²) in [5.41, 5.74) is 3.61. The summed E-state index contributed by atoms with van der Waals surface area (Å²) < 4.78 is 3.69. The number of rotatable bonds is 4. The molecule has 0 bridgehead atoms. The molecule has 21 heavy (non-hydrogen) atoms. The van der Waals surface area contributed by atoms with Gasteiger partial charge in [-0.25, -0.2) is 0 Å². The first-order valence-corrected chi connectivity index (χ1v) is 7.62. The zero-order chi connectivity index (χ0) is 14.8. The van der Waals surface area contributed by atoms with E-state index in [0.29, 0.717) is 12.6 Å². The molecule has 0 aliphatic heterocycles. The molecule has 0 saturated heterocycles. The molecule has 3 rings (SSSR count). The molecular formula is C16H22N4O.